The molecule has 0 radical (unpaired) electrons. The summed E-state index contributed by atoms with van der Waals surface area (Å²) in [7, 11) is 0. The Hall–Kier alpha value is -4.63. The van der Waals surface area contributed by atoms with Gasteiger partial charge in [0.25, 0.3) is 0 Å². The zero-order valence-electron chi connectivity index (χ0n) is 27.1. The molecule has 0 N–H and O–H groups in total. The van der Waals surface area contributed by atoms with E-state index in [0.29, 0.717) is 0 Å². The van der Waals surface area contributed by atoms with E-state index in [9.17, 15) is 0 Å². The molecule has 4 aliphatic rings. The molecular weight excluding hydrogens is 563 g/mol. The predicted molar refractivity (Wildman–Crippen MR) is 182 cm³/mol. The summed E-state index contributed by atoms with van der Waals surface area (Å²) in [5, 5.41) is 7.83. The van der Waals surface area contributed by atoms with Crippen LogP contribution in [0.5, 0.6) is 0 Å². The lowest BCUT2D eigenvalue weighted by atomic mass is 9.66. The van der Waals surface area contributed by atoms with Crippen molar-refractivity contribution in [2.24, 2.45) is 0 Å². The molecule has 1 saturated carbocycles. The number of nitrogens with zero attached hydrogens (tertiary/aromatic N) is 2. The standard InChI is InChI=1S/C43H35FN2/c1-40(2)26-13-7-10-23-18-20-45-31(22-25-12-9-14-27(40)34(25)37(45)32(23)26)39-42(5)29-16-17-30(44)36-35(29)38-33-24(19-21-46(38)43(39,42)6)11-8-15-28(33)41(36,3)4/h7-22,39H,1-6H3/q+2. The molecule has 3 unspecified atom stereocenters. The molecular formula is C43H35FN2+2. The first-order valence-electron chi connectivity index (χ1n) is 16.7. The summed E-state index contributed by atoms with van der Waals surface area (Å²) in [5.41, 5.74) is 10.0. The first kappa shape index (κ1) is 25.5. The van der Waals surface area contributed by atoms with Gasteiger partial charge in [0.15, 0.2) is 23.6 Å². The lowest BCUT2D eigenvalue weighted by Crippen LogP contribution is -2.54. The van der Waals surface area contributed by atoms with Crippen molar-refractivity contribution in [3.63, 3.8) is 0 Å². The molecule has 0 saturated heterocycles. The molecule has 7 aromatic rings. The van der Waals surface area contributed by atoms with Crippen LogP contribution in [0.25, 0.3) is 49.1 Å². The van der Waals surface area contributed by atoms with Gasteiger partial charge in [-0.3, -0.25) is 0 Å². The zero-order chi connectivity index (χ0) is 31.3. The van der Waals surface area contributed by atoms with Crippen molar-refractivity contribution in [1.82, 2.24) is 0 Å². The molecule has 46 heavy (non-hydrogen) atoms. The quantitative estimate of drug-likeness (QED) is 0.132. The number of aromatic nitrogens is 2. The van der Waals surface area contributed by atoms with E-state index in [1.165, 1.54) is 71.5 Å². The van der Waals surface area contributed by atoms with E-state index in [1.807, 2.05) is 0 Å². The first-order chi connectivity index (χ1) is 22.0. The number of fused-ring (bicyclic) bond motifs is 3. The van der Waals surface area contributed by atoms with E-state index >= 15 is 4.39 Å². The molecule has 1 fully saturated rings. The van der Waals surface area contributed by atoms with E-state index < -0.39 is 5.41 Å². The molecule has 2 nitrogen and oxygen atoms in total. The van der Waals surface area contributed by atoms with E-state index in [-0.39, 0.29) is 28.1 Å². The van der Waals surface area contributed by atoms with Gasteiger partial charge in [-0.2, -0.15) is 8.97 Å². The van der Waals surface area contributed by atoms with Crippen molar-refractivity contribution in [1.29, 1.82) is 0 Å². The van der Waals surface area contributed by atoms with E-state index in [1.54, 1.807) is 6.07 Å². The van der Waals surface area contributed by atoms with Crippen molar-refractivity contribution in [3.05, 3.63) is 137 Å². The Labute approximate surface area is 267 Å². The maximum absolute atomic E-state index is 16.2. The van der Waals surface area contributed by atoms with Crippen LogP contribution in [-0.2, 0) is 21.8 Å². The second-order valence-electron chi connectivity index (χ2n) is 15.8. The summed E-state index contributed by atoms with van der Waals surface area (Å²) >= 11 is 0. The number of rotatable bonds is 1. The Balaban J connectivity index is 1.30. The molecule has 0 amide bonds. The average Bonchev–Trinajstić information content (AvgIpc) is 3.57. The highest BCUT2D eigenvalue weighted by atomic mass is 19.1. The number of pyridine rings is 3. The smallest absolute Gasteiger partial charge is 0.207 e. The van der Waals surface area contributed by atoms with E-state index in [0.717, 1.165) is 11.1 Å². The average molecular weight is 599 g/mol. The maximum atomic E-state index is 16.2. The van der Waals surface area contributed by atoms with Crippen molar-refractivity contribution in [2.75, 3.05) is 0 Å². The molecule has 3 aliphatic carbocycles. The van der Waals surface area contributed by atoms with Crippen LogP contribution in [0.3, 0.4) is 0 Å². The molecule has 3 aromatic heterocycles. The molecule has 3 atom stereocenters. The number of benzene rings is 4. The van der Waals surface area contributed by atoms with Gasteiger partial charge < -0.3 is 0 Å². The van der Waals surface area contributed by atoms with Crippen molar-refractivity contribution in [3.8, 4) is 11.3 Å². The minimum Gasteiger partial charge on any atom is -0.207 e. The van der Waals surface area contributed by atoms with Crippen LogP contribution in [0, 0.1) is 5.82 Å². The second-order valence-corrected chi connectivity index (χ2v) is 15.8. The number of hydrogen-bond donors (Lipinski definition) is 0. The monoisotopic (exact) mass is 598 g/mol. The van der Waals surface area contributed by atoms with Gasteiger partial charge in [0.05, 0.1) is 27.1 Å². The Morgan fingerprint density at radius 1 is 0.609 bits per heavy atom. The summed E-state index contributed by atoms with van der Waals surface area (Å²) in [5.74, 6) is 0.0692. The molecule has 3 heteroatoms. The van der Waals surface area contributed by atoms with Crippen LogP contribution in [-0.4, -0.2) is 0 Å². The highest BCUT2D eigenvalue weighted by Gasteiger charge is 2.85. The number of hydrogen-bond acceptors (Lipinski definition) is 0. The molecule has 0 spiro atoms. The second kappa shape index (κ2) is 7.33. The minimum atomic E-state index is -0.449. The van der Waals surface area contributed by atoms with E-state index in [4.69, 9.17) is 0 Å². The topological polar surface area (TPSA) is 7.98 Å². The van der Waals surface area contributed by atoms with Crippen molar-refractivity contribution < 1.29 is 13.4 Å². The van der Waals surface area contributed by atoms with Crippen LogP contribution in [0.15, 0.2) is 97.3 Å². The normalized spacial score (nSPS) is 25.2. The fraction of sp³-hybridized carbons (Fsp3) is 0.256. The zero-order valence-corrected chi connectivity index (χ0v) is 27.1. The minimum absolute atomic E-state index is 0.0943. The maximum Gasteiger partial charge on any atom is 0.227 e. The fourth-order valence-corrected chi connectivity index (χ4v) is 11.0. The lowest BCUT2D eigenvalue weighted by Gasteiger charge is -2.38. The van der Waals surface area contributed by atoms with Gasteiger partial charge in [-0.25, -0.2) is 4.39 Å². The third-order valence-electron chi connectivity index (χ3n) is 13.4. The van der Waals surface area contributed by atoms with Crippen molar-refractivity contribution >= 4 is 37.8 Å². The summed E-state index contributed by atoms with van der Waals surface area (Å²) < 4.78 is 21.2. The molecule has 4 heterocycles. The van der Waals surface area contributed by atoms with Crippen LogP contribution in [0.4, 0.5) is 4.39 Å². The van der Waals surface area contributed by atoms with Gasteiger partial charge in [-0.05, 0) is 51.4 Å². The van der Waals surface area contributed by atoms with Gasteiger partial charge in [0.2, 0.25) is 11.2 Å². The summed E-state index contributed by atoms with van der Waals surface area (Å²) in [6.07, 6.45) is 4.60. The third-order valence-corrected chi connectivity index (χ3v) is 13.4. The van der Waals surface area contributed by atoms with Gasteiger partial charge in [0.1, 0.15) is 11.7 Å². The highest BCUT2D eigenvalue weighted by Crippen LogP contribution is 2.74. The van der Waals surface area contributed by atoms with Crippen molar-refractivity contribution in [2.45, 2.75) is 69.2 Å². The first-order valence-corrected chi connectivity index (χ1v) is 16.7. The van der Waals surface area contributed by atoms with Gasteiger partial charge in [0, 0.05) is 41.5 Å². The fourth-order valence-electron chi connectivity index (χ4n) is 11.0. The molecule has 11 rings (SSSR count). The summed E-state index contributed by atoms with van der Waals surface area (Å²) in [6.45, 7) is 14.0. The Morgan fingerprint density at radius 2 is 1.22 bits per heavy atom. The van der Waals surface area contributed by atoms with Gasteiger partial charge in [-0.1, -0.05) is 88.4 Å². The van der Waals surface area contributed by atoms with Gasteiger partial charge in [-0.15, -0.1) is 0 Å². The Kier molecular flexibility index (Phi) is 4.07. The Morgan fingerprint density at radius 3 is 1.93 bits per heavy atom. The summed E-state index contributed by atoms with van der Waals surface area (Å²) in [6, 6.07) is 31.2. The number of halogens is 1. The molecule has 4 aromatic carbocycles. The SMILES string of the molecule is CC1(C)c2c(F)ccc3c2-c2c4c1cccc4cc[n+]2C1(C)C(c2cc4cccc5c4c4c6c(cccc6cc[n+]24)C5(C)C)C31C. The van der Waals surface area contributed by atoms with Gasteiger partial charge >= 0.3 is 0 Å². The Bertz CT molecular complexity index is 2620. The van der Waals surface area contributed by atoms with Crippen LogP contribution >= 0.6 is 0 Å². The van der Waals surface area contributed by atoms with Crippen LogP contribution < -0.4 is 8.97 Å². The van der Waals surface area contributed by atoms with Crippen LogP contribution in [0.1, 0.15) is 81.0 Å². The predicted octanol–water partition coefficient (Wildman–Crippen LogP) is 9.04. The summed E-state index contributed by atoms with van der Waals surface area (Å²) in [4.78, 5) is 0. The molecule has 0 bridgehead atoms. The molecule has 222 valence electrons. The van der Waals surface area contributed by atoms with Crippen LogP contribution in [0.2, 0.25) is 0 Å². The van der Waals surface area contributed by atoms with E-state index in [2.05, 4.69) is 142 Å². The molecule has 1 aliphatic heterocycles. The highest BCUT2D eigenvalue weighted by molar-refractivity contribution is 6.13. The lowest BCUT2D eigenvalue weighted by molar-refractivity contribution is -0.732. The largest absolute Gasteiger partial charge is 0.227 e. The third kappa shape index (κ3) is 2.40.